The Morgan fingerprint density at radius 3 is 2.59 bits per heavy atom. The van der Waals surface area contributed by atoms with Gasteiger partial charge < -0.3 is 16.0 Å². The maximum atomic E-state index is 11.8. The number of aryl methyl sites for hydroxylation is 1. The van der Waals surface area contributed by atoms with Crippen molar-refractivity contribution in [2.75, 3.05) is 13.1 Å². The molecule has 0 bridgehead atoms. The van der Waals surface area contributed by atoms with Crippen LogP contribution in [0.1, 0.15) is 44.5 Å². The summed E-state index contributed by atoms with van der Waals surface area (Å²) in [6.07, 6.45) is 2.90. The topological polar surface area (TPSA) is 78.4 Å². The number of hydrogen-bond acceptors (Lipinski definition) is 4. The zero-order chi connectivity index (χ0) is 16.6. The molecule has 124 valence electrons. The molecule has 0 aliphatic carbocycles. The van der Waals surface area contributed by atoms with E-state index >= 15 is 0 Å². The zero-order valence-electron chi connectivity index (χ0n) is 14.1. The van der Waals surface area contributed by atoms with Crippen molar-refractivity contribution < 1.29 is 4.79 Å². The number of nitrogens with zero attached hydrogens (tertiary/aromatic N) is 2. The summed E-state index contributed by atoms with van der Waals surface area (Å²) in [6, 6.07) is 0. The van der Waals surface area contributed by atoms with Crippen LogP contribution in [0.2, 0.25) is 0 Å². The lowest BCUT2D eigenvalue weighted by atomic mass is 10.1. The molecule has 0 aromatic carbocycles. The minimum atomic E-state index is -0.240. The third kappa shape index (κ3) is 7.40. The number of aromatic nitrogens is 1. The molecule has 0 spiro atoms. The molecule has 0 saturated heterocycles. The van der Waals surface area contributed by atoms with E-state index in [0.717, 1.165) is 18.0 Å². The maximum Gasteiger partial charge on any atom is 0.242 e. The summed E-state index contributed by atoms with van der Waals surface area (Å²) in [6.45, 7) is 11.4. The van der Waals surface area contributed by atoms with Gasteiger partial charge >= 0.3 is 0 Å². The van der Waals surface area contributed by atoms with Gasteiger partial charge in [-0.1, -0.05) is 6.92 Å². The fourth-order valence-electron chi connectivity index (χ4n) is 1.70. The fourth-order valence-corrected chi connectivity index (χ4v) is 2.51. The largest absolute Gasteiger partial charge is 0.357 e. The number of rotatable bonds is 6. The van der Waals surface area contributed by atoms with Gasteiger partial charge in [-0.25, -0.2) is 9.98 Å². The molecule has 0 saturated carbocycles. The molecule has 1 rings (SSSR count). The van der Waals surface area contributed by atoms with Crippen LogP contribution in [0.5, 0.6) is 0 Å². The Bertz CT molecular complexity index is 504. The SMILES string of the molecule is CCNC(=NCC(=O)NC(C)(C)C)NCc1ncc(CC)s1. The highest BCUT2D eigenvalue weighted by molar-refractivity contribution is 7.11. The molecule has 22 heavy (non-hydrogen) atoms. The van der Waals surface area contributed by atoms with Gasteiger partial charge in [-0.15, -0.1) is 11.3 Å². The number of aliphatic imine (C=N–C) groups is 1. The van der Waals surface area contributed by atoms with Gasteiger partial charge in [-0.05, 0) is 34.1 Å². The van der Waals surface area contributed by atoms with Gasteiger partial charge in [0.25, 0.3) is 0 Å². The van der Waals surface area contributed by atoms with Crippen LogP contribution < -0.4 is 16.0 Å². The van der Waals surface area contributed by atoms with E-state index in [0.29, 0.717) is 12.5 Å². The monoisotopic (exact) mass is 325 g/mol. The lowest BCUT2D eigenvalue weighted by molar-refractivity contribution is -0.121. The second-order valence-corrected chi connectivity index (χ2v) is 7.12. The molecule has 1 heterocycles. The Morgan fingerprint density at radius 2 is 2.05 bits per heavy atom. The van der Waals surface area contributed by atoms with Gasteiger partial charge in [0.1, 0.15) is 11.6 Å². The van der Waals surface area contributed by atoms with Crippen molar-refractivity contribution >= 4 is 23.2 Å². The number of hydrogen-bond donors (Lipinski definition) is 3. The van der Waals surface area contributed by atoms with E-state index in [1.165, 1.54) is 4.88 Å². The van der Waals surface area contributed by atoms with Crippen LogP contribution in [0.15, 0.2) is 11.2 Å². The highest BCUT2D eigenvalue weighted by atomic mass is 32.1. The first kappa shape index (κ1) is 18.4. The Balaban J connectivity index is 2.53. The molecule has 0 radical (unpaired) electrons. The predicted molar refractivity (Wildman–Crippen MR) is 92.2 cm³/mol. The summed E-state index contributed by atoms with van der Waals surface area (Å²) in [5.41, 5.74) is -0.240. The molecular formula is C15H27N5OS. The van der Waals surface area contributed by atoms with Gasteiger partial charge in [0.05, 0.1) is 6.54 Å². The Morgan fingerprint density at radius 1 is 1.32 bits per heavy atom. The smallest absolute Gasteiger partial charge is 0.242 e. The van der Waals surface area contributed by atoms with Crippen molar-refractivity contribution in [3.05, 3.63) is 16.1 Å². The van der Waals surface area contributed by atoms with Crippen LogP contribution in [-0.2, 0) is 17.8 Å². The van der Waals surface area contributed by atoms with Crippen LogP contribution in [0.4, 0.5) is 0 Å². The van der Waals surface area contributed by atoms with Crippen LogP contribution >= 0.6 is 11.3 Å². The molecule has 0 fully saturated rings. The third-order valence-electron chi connectivity index (χ3n) is 2.60. The van der Waals surface area contributed by atoms with E-state index in [1.807, 2.05) is 33.9 Å². The van der Waals surface area contributed by atoms with Crippen molar-refractivity contribution in [2.45, 2.75) is 53.1 Å². The Labute approximate surface area is 136 Å². The lowest BCUT2D eigenvalue weighted by Crippen LogP contribution is -2.43. The molecule has 0 aliphatic rings. The van der Waals surface area contributed by atoms with Crippen molar-refractivity contribution in [1.29, 1.82) is 0 Å². The number of guanidine groups is 1. The number of amides is 1. The highest BCUT2D eigenvalue weighted by Crippen LogP contribution is 2.12. The third-order valence-corrected chi connectivity index (χ3v) is 3.74. The Kier molecular flexibility index (Phi) is 7.31. The standard InChI is InChI=1S/C15H27N5OS/c1-6-11-8-17-13(22-11)10-19-14(16-7-2)18-9-12(21)20-15(3,4)5/h8H,6-7,9-10H2,1-5H3,(H,20,21)(H2,16,18,19). The van der Waals surface area contributed by atoms with E-state index < -0.39 is 0 Å². The summed E-state index contributed by atoms with van der Waals surface area (Å²) in [5, 5.41) is 10.2. The van der Waals surface area contributed by atoms with Gasteiger partial charge in [0.15, 0.2) is 5.96 Å². The molecule has 0 aliphatic heterocycles. The maximum absolute atomic E-state index is 11.8. The molecule has 1 aromatic heterocycles. The molecule has 1 aromatic rings. The summed E-state index contributed by atoms with van der Waals surface area (Å²) in [7, 11) is 0. The average molecular weight is 325 g/mol. The normalized spacial score (nSPS) is 12.1. The van der Waals surface area contributed by atoms with Crippen molar-refractivity contribution in [3.63, 3.8) is 0 Å². The van der Waals surface area contributed by atoms with E-state index in [1.54, 1.807) is 11.3 Å². The lowest BCUT2D eigenvalue weighted by Gasteiger charge is -2.20. The highest BCUT2D eigenvalue weighted by Gasteiger charge is 2.13. The van der Waals surface area contributed by atoms with Crippen LogP contribution in [-0.4, -0.2) is 35.5 Å². The van der Waals surface area contributed by atoms with Crippen molar-refractivity contribution in [3.8, 4) is 0 Å². The van der Waals surface area contributed by atoms with Crippen LogP contribution in [0.25, 0.3) is 0 Å². The minimum Gasteiger partial charge on any atom is -0.357 e. The second kappa shape index (κ2) is 8.73. The Hall–Kier alpha value is -1.63. The van der Waals surface area contributed by atoms with Gasteiger partial charge in [-0.3, -0.25) is 4.79 Å². The molecule has 1 amide bonds. The summed E-state index contributed by atoms with van der Waals surface area (Å²) >= 11 is 1.69. The van der Waals surface area contributed by atoms with E-state index in [-0.39, 0.29) is 18.0 Å². The summed E-state index contributed by atoms with van der Waals surface area (Å²) < 4.78 is 0. The van der Waals surface area contributed by atoms with Gasteiger partial charge in [0.2, 0.25) is 5.91 Å². The summed E-state index contributed by atoms with van der Waals surface area (Å²) in [5.74, 6) is 0.534. The fraction of sp³-hybridized carbons (Fsp3) is 0.667. The number of carbonyl (C=O) groups is 1. The van der Waals surface area contributed by atoms with Crippen molar-refractivity contribution in [1.82, 2.24) is 20.9 Å². The number of carbonyl (C=O) groups excluding carboxylic acids is 1. The van der Waals surface area contributed by atoms with Gasteiger partial charge in [0, 0.05) is 23.2 Å². The average Bonchev–Trinajstić information content (AvgIpc) is 2.88. The molecule has 7 heteroatoms. The molecule has 0 atom stereocenters. The first-order chi connectivity index (χ1) is 10.3. The quantitative estimate of drug-likeness (QED) is 0.549. The molecular weight excluding hydrogens is 298 g/mol. The first-order valence-electron chi connectivity index (χ1n) is 7.60. The van der Waals surface area contributed by atoms with E-state index in [9.17, 15) is 4.79 Å². The minimum absolute atomic E-state index is 0.0905. The van der Waals surface area contributed by atoms with Gasteiger partial charge in [-0.2, -0.15) is 0 Å². The number of nitrogens with one attached hydrogen (secondary N) is 3. The van der Waals surface area contributed by atoms with E-state index in [4.69, 9.17) is 0 Å². The molecule has 0 unspecified atom stereocenters. The van der Waals surface area contributed by atoms with Crippen LogP contribution in [0.3, 0.4) is 0 Å². The zero-order valence-corrected chi connectivity index (χ0v) is 14.9. The van der Waals surface area contributed by atoms with Crippen molar-refractivity contribution in [2.24, 2.45) is 4.99 Å². The molecule has 3 N–H and O–H groups in total. The summed E-state index contributed by atoms with van der Waals surface area (Å²) in [4.78, 5) is 21.7. The number of thiazole rings is 1. The predicted octanol–water partition coefficient (Wildman–Crippen LogP) is 1.68. The first-order valence-corrected chi connectivity index (χ1v) is 8.42. The molecule has 6 nitrogen and oxygen atoms in total. The van der Waals surface area contributed by atoms with E-state index in [2.05, 4.69) is 32.9 Å². The second-order valence-electron chi connectivity index (χ2n) is 5.92. The van der Waals surface area contributed by atoms with Crippen LogP contribution in [0, 0.1) is 0 Å².